The molecule has 1 aliphatic rings. The maximum Gasteiger partial charge on any atom is 0.291 e. The zero-order valence-electron chi connectivity index (χ0n) is 14.7. The lowest BCUT2D eigenvalue weighted by Gasteiger charge is -2.29. The van der Waals surface area contributed by atoms with Crippen molar-refractivity contribution in [2.24, 2.45) is 0 Å². The van der Waals surface area contributed by atoms with E-state index in [1.165, 1.54) is 0 Å². The lowest BCUT2D eigenvalue weighted by Crippen LogP contribution is -2.32. The van der Waals surface area contributed by atoms with E-state index in [2.05, 4.69) is 17.1 Å². The second kappa shape index (κ2) is 8.83. The number of halogens is 1. The molecule has 9 heteroatoms. The summed E-state index contributed by atoms with van der Waals surface area (Å²) in [4.78, 5) is 12.5. The molecule has 4 rings (SSSR count). The molecule has 2 heterocycles. The average Bonchev–Trinajstić information content (AvgIpc) is 3.34. The molecule has 0 spiro atoms. The topological polar surface area (TPSA) is 99.7 Å². The van der Waals surface area contributed by atoms with Gasteiger partial charge in [0.2, 0.25) is 5.79 Å². The summed E-state index contributed by atoms with van der Waals surface area (Å²) in [5, 5.41) is 14.3. The van der Waals surface area contributed by atoms with Crippen molar-refractivity contribution in [3.63, 3.8) is 0 Å². The van der Waals surface area contributed by atoms with Gasteiger partial charge in [0.15, 0.2) is 0 Å². The van der Waals surface area contributed by atoms with Crippen molar-refractivity contribution < 1.29 is 19.8 Å². The molecule has 28 heavy (non-hydrogen) atoms. The van der Waals surface area contributed by atoms with Crippen molar-refractivity contribution >= 4 is 11.6 Å². The second-order valence-electron chi connectivity index (χ2n) is 6.06. The Labute approximate surface area is 166 Å². The number of hydrogen-bond donors (Lipinski definition) is 1. The highest BCUT2D eigenvalue weighted by molar-refractivity contribution is 6.30. The largest absolute Gasteiger partial charge is 0.341 e. The van der Waals surface area contributed by atoms with Gasteiger partial charge in [-0.3, -0.25) is 0 Å². The van der Waals surface area contributed by atoms with Crippen LogP contribution in [-0.2, 0) is 21.8 Å². The number of aromatic nitrogens is 2. The van der Waals surface area contributed by atoms with E-state index in [0.717, 1.165) is 11.1 Å². The van der Waals surface area contributed by atoms with E-state index >= 15 is 0 Å². The minimum atomic E-state index is -1.50. The fourth-order valence-electron chi connectivity index (χ4n) is 2.99. The van der Waals surface area contributed by atoms with Crippen molar-refractivity contribution in [1.82, 2.24) is 9.55 Å². The third kappa shape index (κ3) is 4.86. The highest BCUT2D eigenvalue weighted by Crippen LogP contribution is 2.41. The first-order valence-electron chi connectivity index (χ1n) is 8.40. The maximum absolute atomic E-state index is 8.36. The van der Waals surface area contributed by atoms with E-state index in [1.807, 2.05) is 53.2 Å². The first kappa shape index (κ1) is 19.8. The van der Waals surface area contributed by atoms with Gasteiger partial charge < -0.3 is 19.2 Å². The molecule has 0 aliphatic carbocycles. The van der Waals surface area contributed by atoms with Gasteiger partial charge in [0, 0.05) is 23.0 Å². The third-order valence-electron chi connectivity index (χ3n) is 4.21. The normalized spacial score (nSPS) is 21.0. The van der Waals surface area contributed by atoms with Crippen LogP contribution in [0.3, 0.4) is 0 Å². The summed E-state index contributed by atoms with van der Waals surface area (Å²) in [5.41, 5.74) is 2.05. The molecule has 1 N–H and O–H groups in total. The van der Waals surface area contributed by atoms with E-state index in [-0.39, 0.29) is 6.10 Å². The summed E-state index contributed by atoms with van der Waals surface area (Å²) >= 11 is 6.03. The van der Waals surface area contributed by atoms with Crippen LogP contribution in [0.15, 0.2) is 73.3 Å². The van der Waals surface area contributed by atoms with Crippen LogP contribution in [0.4, 0.5) is 0 Å². The minimum absolute atomic E-state index is 0.106. The van der Waals surface area contributed by atoms with Crippen LogP contribution in [0, 0.1) is 10.1 Å². The number of hydrogen-bond acceptors (Lipinski definition) is 5. The summed E-state index contributed by atoms with van der Waals surface area (Å²) in [6.45, 7) is 1.03. The van der Waals surface area contributed by atoms with Crippen LogP contribution in [0.1, 0.15) is 17.2 Å². The van der Waals surface area contributed by atoms with Gasteiger partial charge in [0.05, 0.1) is 19.5 Å². The predicted molar refractivity (Wildman–Crippen MR) is 100 cm³/mol. The van der Waals surface area contributed by atoms with Crippen molar-refractivity contribution in [1.29, 1.82) is 0 Å². The summed E-state index contributed by atoms with van der Waals surface area (Å²) < 4.78 is 14.6. The molecule has 146 valence electrons. The van der Waals surface area contributed by atoms with Gasteiger partial charge in [-0.15, -0.1) is 10.1 Å². The van der Waals surface area contributed by atoms with E-state index in [4.69, 9.17) is 36.4 Å². The molecular weight excluding hydrogens is 386 g/mol. The van der Waals surface area contributed by atoms with Crippen molar-refractivity contribution in [3.05, 3.63) is 99.6 Å². The summed E-state index contributed by atoms with van der Waals surface area (Å²) in [6.07, 6.45) is 5.31. The zero-order chi connectivity index (χ0) is 20.0. The molecule has 0 saturated carbocycles. The van der Waals surface area contributed by atoms with E-state index in [9.17, 15) is 0 Å². The van der Waals surface area contributed by atoms with Crippen LogP contribution in [0.25, 0.3) is 0 Å². The molecule has 1 aliphatic heterocycles. The highest BCUT2D eigenvalue weighted by Gasteiger charge is 2.44. The number of imidazole rings is 1. The predicted octanol–water partition coefficient (Wildman–Crippen LogP) is 3.83. The van der Waals surface area contributed by atoms with Crippen LogP contribution in [0.5, 0.6) is 0 Å². The minimum Gasteiger partial charge on any atom is -0.341 e. The summed E-state index contributed by atoms with van der Waals surface area (Å²) in [5.74, 6) is -0.855. The molecule has 1 fully saturated rings. The molecule has 2 unspecified atom stereocenters. The third-order valence-corrected chi connectivity index (χ3v) is 4.46. The molecule has 1 aromatic heterocycles. The maximum atomic E-state index is 8.36. The standard InChI is InChI=1S/C19H17ClN2O2.HNO3/c20-17-8-6-16(7-9-17)19(13-22-11-10-21-14-22)23-12-18(24-19)15-4-2-1-3-5-15;2-1(3)4/h1-11,14,18H,12-13H2;(H,2,3,4). The molecule has 0 amide bonds. The Morgan fingerprint density at radius 1 is 1.25 bits per heavy atom. The molecule has 0 bridgehead atoms. The monoisotopic (exact) mass is 403 g/mol. The van der Waals surface area contributed by atoms with Gasteiger partial charge in [-0.2, -0.15) is 0 Å². The molecular formula is C19H18ClN3O5. The fourth-order valence-corrected chi connectivity index (χ4v) is 3.12. The Morgan fingerprint density at radius 3 is 2.54 bits per heavy atom. The van der Waals surface area contributed by atoms with Crippen LogP contribution in [0.2, 0.25) is 5.02 Å². The quantitative estimate of drug-likeness (QED) is 0.525. The van der Waals surface area contributed by atoms with Gasteiger partial charge in [-0.05, 0) is 17.7 Å². The molecule has 2 aromatic carbocycles. The van der Waals surface area contributed by atoms with Crippen LogP contribution < -0.4 is 0 Å². The zero-order valence-corrected chi connectivity index (χ0v) is 15.5. The fraction of sp³-hybridized carbons (Fsp3) is 0.211. The van der Waals surface area contributed by atoms with Gasteiger partial charge in [-0.25, -0.2) is 4.98 Å². The molecule has 3 aromatic rings. The van der Waals surface area contributed by atoms with Crippen molar-refractivity contribution in [2.45, 2.75) is 18.4 Å². The lowest BCUT2D eigenvalue weighted by molar-refractivity contribution is -0.742. The van der Waals surface area contributed by atoms with E-state index in [0.29, 0.717) is 18.2 Å². The summed E-state index contributed by atoms with van der Waals surface area (Å²) in [6, 6.07) is 17.8. The smallest absolute Gasteiger partial charge is 0.291 e. The first-order chi connectivity index (χ1) is 13.5. The number of benzene rings is 2. The second-order valence-corrected chi connectivity index (χ2v) is 6.50. The van der Waals surface area contributed by atoms with Crippen LogP contribution >= 0.6 is 11.6 Å². The van der Waals surface area contributed by atoms with Gasteiger partial charge in [-0.1, -0.05) is 54.1 Å². The Bertz CT molecular complexity index is 886. The Morgan fingerprint density at radius 2 is 1.93 bits per heavy atom. The Balaban J connectivity index is 0.000000516. The van der Waals surface area contributed by atoms with E-state index < -0.39 is 10.9 Å². The lowest BCUT2D eigenvalue weighted by atomic mass is 10.1. The van der Waals surface area contributed by atoms with E-state index in [1.54, 1.807) is 12.5 Å². The first-order valence-corrected chi connectivity index (χ1v) is 8.78. The number of ether oxygens (including phenoxy) is 2. The number of rotatable bonds is 4. The highest BCUT2D eigenvalue weighted by atomic mass is 35.5. The Hall–Kier alpha value is -2.94. The molecule has 0 radical (unpaired) electrons. The van der Waals surface area contributed by atoms with Gasteiger partial charge in [0.1, 0.15) is 6.10 Å². The van der Waals surface area contributed by atoms with Gasteiger partial charge in [0.25, 0.3) is 5.09 Å². The summed E-state index contributed by atoms with van der Waals surface area (Å²) in [7, 11) is 0. The van der Waals surface area contributed by atoms with Crippen molar-refractivity contribution in [2.75, 3.05) is 6.61 Å². The SMILES string of the molecule is Clc1ccc(C2(Cn3ccnc3)OCC(c3ccccc3)O2)cc1.O=[N+]([O-])O. The van der Waals surface area contributed by atoms with Gasteiger partial charge >= 0.3 is 0 Å². The molecule has 1 saturated heterocycles. The van der Waals surface area contributed by atoms with Crippen molar-refractivity contribution in [3.8, 4) is 0 Å². The van der Waals surface area contributed by atoms with Crippen LogP contribution in [-0.4, -0.2) is 26.5 Å². The average molecular weight is 404 g/mol. The molecule has 8 nitrogen and oxygen atoms in total. The molecule has 2 atom stereocenters. The number of nitrogens with zero attached hydrogens (tertiary/aromatic N) is 3. The Kier molecular flexibility index (Phi) is 6.25.